The summed E-state index contributed by atoms with van der Waals surface area (Å²) < 4.78 is 1.70. The van der Waals surface area contributed by atoms with E-state index in [4.69, 9.17) is 0 Å². The van der Waals surface area contributed by atoms with Crippen LogP contribution in [-0.2, 0) is 16.0 Å². The van der Waals surface area contributed by atoms with Gasteiger partial charge in [0.05, 0.1) is 23.5 Å². The lowest BCUT2D eigenvalue weighted by Crippen LogP contribution is -2.48. The zero-order chi connectivity index (χ0) is 18.0. The number of carboxylic acids is 1. The van der Waals surface area contributed by atoms with Crippen molar-refractivity contribution in [2.24, 2.45) is 0 Å². The van der Waals surface area contributed by atoms with Gasteiger partial charge in [0.2, 0.25) is 5.91 Å². The van der Waals surface area contributed by atoms with Crippen molar-refractivity contribution in [2.45, 2.75) is 45.6 Å². The number of aromatic nitrogens is 3. The third-order valence-corrected chi connectivity index (χ3v) is 4.70. The quantitative estimate of drug-likeness (QED) is 0.917. The molecule has 2 aromatic rings. The molecule has 7 heteroatoms. The van der Waals surface area contributed by atoms with E-state index in [1.54, 1.807) is 4.68 Å². The molecule has 1 aromatic carbocycles. The highest BCUT2D eigenvalue weighted by Crippen LogP contribution is 2.20. The lowest BCUT2D eigenvalue weighted by atomic mass is 10.0. The number of carboxylic acid groups (broad SMARTS) is 1. The van der Waals surface area contributed by atoms with Crippen LogP contribution in [0.25, 0.3) is 5.69 Å². The molecule has 1 N–H and O–H groups in total. The maximum absolute atomic E-state index is 12.6. The van der Waals surface area contributed by atoms with Crippen molar-refractivity contribution in [1.29, 1.82) is 0 Å². The first kappa shape index (κ1) is 17.1. The maximum Gasteiger partial charge on any atom is 0.326 e. The van der Waals surface area contributed by atoms with Gasteiger partial charge in [0.15, 0.2) is 0 Å². The Morgan fingerprint density at radius 1 is 1.20 bits per heavy atom. The Hall–Kier alpha value is -2.70. The van der Waals surface area contributed by atoms with Crippen LogP contribution in [0.2, 0.25) is 0 Å². The van der Waals surface area contributed by atoms with Gasteiger partial charge in [0.25, 0.3) is 0 Å². The first-order valence-corrected chi connectivity index (χ1v) is 8.48. The molecule has 0 spiro atoms. The van der Waals surface area contributed by atoms with Gasteiger partial charge in [0, 0.05) is 6.54 Å². The molecule has 2 heterocycles. The van der Waals surface area contributed by atoms with Crippen LogP contribution in [-0.4, -0.2) is 49.5 Å². The van der Waals surface area contributed by atoms with Crippen molar-refractivity contribution in [3.63, 3.8) is 0 Å². The summed E-state index contributed by atoms with van der Waals surface area (Å²) in [7, 11) is 0. The summed E-state index contributed by atoms with van der Waals surface area (Å²) in [5.41, 5.74) is 3.42. The molecule has 1 aromatic heterocycles. The molecule has 1 saturated heterocycles. The van der Waals surface area contributed by atoms with Crippen molar-refractivity contribution in [1.82, 2.24) is 19.9 Å². The molecule has 1 atom stereocenters. The highest BCUT2D eigenvalue weighted by molar-refractivity contribution is 5.85. The second-order valence-electron chi connectivity index (χ2n) is 6.48. The van der Waals surface area contributed by atoms with Crippen LogP contribution in [0.1, 0.15) is 36.2 Å². The number of rotatable bonds is 4. The van der Waals surface area contributed by atoms with E-state index >= 15 is 0 Å². The standard InChI is InChI=1S/C18H22N4O3/c1-12-6-8-14(9-7-12)22-13(2)15(19-20-22)11-17(23)21-10-4-3-5-16(21)18(24)25/h6-9,16H,3-5,10-11H2,1-2H3,(H,24,25)/t16-/m0/s1. The zero-order valence-corrected chi connectivity index (χ0v) is 14.5. The van der Waals surface area contributed by atoms with Gasteiger partial charge in [-0.25, -0.2) is 9.48 Å². The van der Waals surface area contributed by atoms with Crippen molar-refractivity contribution >= 4 is 11.9 Å². The second kappa shape index (κ2) is 7.04. The third-order valence-electron chi connectivity index (χ3n) is 4.70. The van der Waals surface area contributed by atoms with Crippen molar-refractivity contribution in [3.8, 4) is 5.69 Å². The molecule has 3 rings (SSSR count). The number of aryl methyl sites for hydroxylation is 1. The van der Waals surface area contributed by atoms with Gasteiger partial charge < -0.3 is 10.0 Å². The number of benzene rings is 1. The summed E-state index contributed by atoms with van der Waals surface area (Å²) in [6, 6.07) is 7.16. The van der Waals surface area contributed by atoms with Crippen LogP contribution >= 0.6 is 0 Å². The van der Waals surface area contributed by atoms with Crippen molar-refractivity contribution in [3.05, 3.63) is 41.2 Å². The van der Waals surface area contributed by atoms with Crippen molar-refractivity contribution < 1.29 is 14.7 Å². The Bertz CT molecular complexity index is 782. The third kappa shape index (κ3) is 3.55. The normalized spacial score (nSPS) is 17.5. The van der Waals surface area contributed by atoms with Gasteiger partial charge in [-0.3, -0.25) is 4.79 Å². The lowest BCUT2D eigenvalue weighted by molar-refractivity contribution is -0.151. The summed E-state index contributed by atoms with van der Waals surface area (Å²) in [6.07, 6.45) is 2.26. The number of nitrogens with zero attached hydrogens (tertiary/aromatic N) is 4. The van der Waals surface area contributed by atoms with E-state index < -0.39 is 12.0 Å². The smallest absolute Gasteiger partial charge is 0.326 e. The number of carbonyl (C=O) groups is 2. The molecule has 7 nitrogen and oxygen atoms in total. The molecule has 0 aliphatic carbocycles. The molecule has 1 aliphatic heterocycles. The van der Waals surface area contributed by atoms with Crippen LogP contribution in [0.5, 0.6) is 0 Å². The summed E-state index contributed by atoms with van der Waals surface area (Å²) in [5.74, 6) is -1.14. The van der Waals surface area contributed by atoms with Gasteiger partial charge in [-0.1, -0.05) is 22.9 Å². The maximum atomic E-state index is 12.6. The van der Waals surface area contributed by atoms with Crippen LogP contribution < -0.4 is 0 Å². The minimum absolute atomic E-state index is 0.0709. The van der Waals surface area contributed by atoms with Crippen LogP contribution in [0.4, 0.5) is 0 Å². The van der Waals surface area contributed by atoms with Crippen molar-refractivity contribution in [2.75, 3.05) is 6.54 Å². The van der Waals surface area contributed by atoms with Crippen LogP contribution in [0.3, 0.4) is 0 Å². The van der Waals surface area contributed by atoms with E-state index in [0.29, 0.717) is 18.7 Å². The average Bonchev–Trinajstić information content (AvgIpc) is 2.96. The molecule has 0 bridgehead atoms. The van der Waals surface area contributed by atoms with E-state index in [1.807, 2.05) is 38.1 Å². The summed E-state index contributed by atoms with van der Waals surface area (Å²) >= 11 is 0. The summed E-state index contributed by atoms with van der Waals surface area (Å²) in [6.45, 7) is 4.37. The van der Waals surface area contributed by atoms with E-state index in [-0.39, 0.29) is 12.3 Å². The fourth-order valence-electron chi connectivity index (χ4n) is 3.19. The van der Waals surface area contributed by atoms with Gasteiger partial charge in [-0.2, -0.15) is 0 Å². The van der Waals surface area contributed by atoms with Crippen LogP contribution in [0, 0.1) is 13.8 Å². The molecule has 0 saturated carbocycles. The van der Waals surface area contributed by atoms with E-state index in [9.17, 15) is 14.7 Å². The Morgan fingerprint density at radius 3 is 2.60 bits per heavy atom. The fourth-order valence-corrected chi connectivity index (χ4v) is 3.19. The molecule has 132 valence electrons. The van der Waals surface area contributed by atoms with Gasteiger partial charge in [-0.15, -0.1) is 5.10 Å². The summed E-state index contributed by atoms with van der Waals surface area (Å²) in [5, 5.41) is 17.6. The highest BCUT2D eigenvalue weighted by atomic mass is 16.4. The molecule has 1 amide bonds. The van der Waals surface area contributed by atoms with E-state index in [2.05, 4.69) is 10.3 Å². The molecule has 1 aliphatic rings. The Kier molecular flexibility index (Phi) is 4.83. The van der Waals surface area contributed by atoms with E-state index in [1.165, 1.54) is 4.90 Å². The Balaban J connectivity index is 1.78. The highest BCUT2D eigenvalue weighted by Gasteiger charge is 2.32. The molecular weight excluding hydrogens is 320 g/mol. The van der Waals surface area contributed by atoms with Gasteiger partial charge >= 0.3 is 5.97 Å². The molecular formula is C18H22N4O3. The van der Waals surface area contributed by atoms with Gasteiger partial charge in [-0.05, 0) is 45.2 Å². The fraction of sp³-hybridized carbons (Fsp3) is 0.444. The Morgan fingerprint density at radius 2 is 1.92 bits per heavy atom. The monoisotopic (exact) mass is 342 g/mol. The molecule has 1 fully saturated rings. The molecule has 0 unspecified atom stereocenters. The number of piperidine rings is 1. The molecule has 0 radical (unpaired) electrons. The largest absolute Gasteiger partial charge is 0.480 e. The number of carbonyl (C=O) groups excluding carboxylic acids is 1. The van der Waals surface area contributed by atoms with Crippen LogP contribution in [0.15, 0.2) is 24.3 Å². The lowest BCUT2D eigenvalue weighted by Gasteiger charge is -2.32. The first-order valence-electron chi connectivity index (χ1n) is 8.48. The number of amides is 1. The zero-order valence-electron chi connectivity index (χ0n) is 14.5. The summed E-state index contributed by atoms with van der Waals surface area (Å²) in [4.78, 5) is 25.5. The number of hydrogen-bond donors (Lipinski definition) is 1. The van der Waals surface area contributed by atoms with Gasteiger partial charge in [0.1, 0.15) is 6.04 Å². The van der Waals surface area contributed by atoms with E-state index in [0.717, 1.165) is 29.8 Å². The predicted molar refractivity (Wildman–Crippen MR) is 91.5 cm³/mol. The number of likely N-dealkylation sites (tertiary alicyclic amines) is 1. The average molecular weight is 342 g/mol. The minimum atomic E-state index is -0.937. The predicted octanol–water partition coefficient (Wildman–Crippen LogP) is 1.89. The topological polar surface area (TPSA) is 88.3 Å². The minimum Gasteiger partial charge on any atom is -0.480 e. The second-order valence-corrected chi connectivity index (χ2v) is 6.48. The molecule has 25 heavy (non-hydrogen) atoms. The number of aliphatic carboxylic acids is 1. The number of hydrogen-bond acceptors (Lipinski definition) is 4. The first-order chi connectivity index (χ1) is 12.0. The SMILES string of the molecule is Cc1ccc(-n2nnc(CC(=O)N3CCCC[C@H]3C(=O)O)c2C)cc1. The Labute approximate surface area is 146 Å².